The molecule has 3 aromatic rings. The van der Waals surface area contributed by atoms with E-state index in [4.69, 9.17) is 0 Å². The molecule has 2 aromatic carbocycles. The minimum atomic E-state index is -0.0689. The summed E-state index contributed by atoms with van der Waals surface area (Å²) in [6.07, 6.45) is 4.74. The molecule has 1 amide bonds. The second kappa shape index (κ2) is 9.37. The molecule has 0 saturated carbocycles. The van der Waals surface area contributed by atoms with Gasteiger partial charge in [0.05, 0.1) is 18.0 Å². The predicted molar refractivity (Wildman–Crippen MR) is 125 cm³/mol. The Morgan fingerprint density at radius 3 is 2.79 bits per heavy atom. The van der Waals surface area contributed by atoms with Gasteiger partial charge in [0.15, 0.2) is 5.17 Å². The molecule has 2 heterocycles. The summed E-state index contributed by atoms with van der Waals surface area (Å²) in [7, 11) is 0. The molecule has 4 rings (SSSR count). The fraction of sp³-hybridized carbons (Fsp3) is 0.261. The fourth-order valence-electron chi connectivity index (χ4n) is 3.40. The van der Waals surface area contributed by atoms with E-state index in [2.05, 4.69) is 41.4 Å². The first-order chi connectivity index (χ1) is 14.3. The second-order valence-electron chi connectivity index (χ2n) is 6.95. The summed E-state index contributed by atoms with van der Waals surface area (Å²) in [5.74, 6) is 0.140. The van der Waals surface area contributed by atoms with E-state index in [1.807, 2.05) is 35.7 Å². The molecule has 0 aliphatic carbocycles. The van der Waals surface area contributed by atoms with Crippen molar-refractivity contribution in [3.8, 4) is 0 Å². The molecule has 1 unspecified atom stereocenters. The van der Waals surface area contributed by atoms with Crippen LogP contribution in [-0.2, 0) is 11.3 Å². The van der Waals surface area contributed by atoms with E-state index in [0.29, 0.717) is 11.7 Å². The van der Waals surface area contributed by atoms with Crippen molar-refractivity contribution in [3.05, 3.63) is 70.4 Å². The third-order valence-corrected chi connectivity index (χ3v) is 6.96. The maximum absolute atomic E-state index is 13.1. The average Bonchev–Trinajstić information content (AvgIpc) is 3.36. The first-order valence-corrected chi connectivity index (χ1v) is 11.6. The number of thiophene rings is 1. The maximum atomic E-state index is 13.1. The highest BCUT2D eigenvalue weighted by Crippen LogP contribution is 2.33. The number of carbonyl (C=O) groups is 1. The topological polar surface area (TPSA) is 45.0 Å². The van der Waals surface area contributed by atoms with Gasteiger partial charge in [-0.2, -0.15) is 5.10 Å². The summed E-state index contributed by atoms with van der Waals surface area (Å²) in [5.41, 5.74) is 1.13. The molecule has 148 valence electrons. The highest BCUT2D eigenvalue weighted by atomic mass is 32.2. The zero-order valence-corrected chi connectivity index (χ0v) is 18.0. The van der Waals surface area contributed by atoms with Crippen molar-refractivity contribution in [1.82, 2.24) is 4.90 Å². The Hall–Kier alpha value is -2.44. The number of carbonyl (C=O) groups excluding carboxylic acids is 1. The minimum Gasteiger partial charge on any atom is -0.284 e. The lowest BCUT2D eigenvalue weighted by atomic mass is 10.0. The number of nitrogens with zero attached hydrogens (tertiary/aromatic N) is 3. The average molecular weight is 422 g/mol. The Bertz CT molecular complexity index is 1040. The van der Waals surface area contributed by atoms with E-state index in [1.165, 1.54) is 10.8 Å². The number of benzene rings is 2. The molecule has 1 fully saturated rings. The molecule has 6 heteroatoms. The van der Waals surface area contributed by atoms with E-state index in [-0.39, 0.29) is 11.2 Å². The highest BCUT2D eigenvalue weighted by Gasteiger charge is 2.37. The van der Waals surface area contributed by atoms with Crippen LogP contribution in [0.1, 0.15) is 36.6 Å². The van der Waals surface area contributed by atoms with E-state index in [0.717, 1.165) is 29.7 Å². The van der Waals surface area contributed by atoms with Crippen LogP contribution in [0.4, 0.5) is 0 Å². The Labute approximate surface area is 179 Å². The Morgan fingerprint density at radius 2 is 1.97 bits per heavy atom. The van der Waals surface area contributed by atoms with Gasteiger partial charge in [0, 0.05) is 4.88 Å². The maximum Gasteiger partial charge on any atom is 0.242 e. The summed E-state index contributed by atoms with van der Waals surface area (Å²) in [4.78, 5) is 16.0. The van der Waals surface area contributed by atoms with E-state index < -0.39 is 0 Å². The zero-order chi connectivity index (χ0) is 20.1. The first kappa shape index (κ1) is 19.9. The van der Waals surface area contributed by atoms with E-state index >= 15 is 0 Å². The molecule has 1 atom stereocenters. The molecule has 1 aliphatic heterocycles. The molecule has 1 aromatic heterocycles. The van der Waals surface area contributed by atoms with Crippen LogP contribution in [-0.4, -0.2) is 27.4 Å². The molecule has 1 aliphatic rings. The van der Waals surface area contributed by atoms with Crippen molar-refractivity contribution in [2.45, 2.75) is 38.0 Å². The van der Waals surface area contributed by atoms with Crippen LogP contribution in [0.5, 0.6) is 0 Å². The third kappa shape index (κ3) is 4.60. The molecule has 0 N–H and O–H groups in total. The molecule has 4 nitrogen and oxygen atoms in total. The summed E-state index contributed by atoms with van der Waals surface area (Å²) in [6.45, 7) is 2.67. The minimum absolute atomic E-state index is 0.0689. The lowest BCUT2D eigenvalue weighted by molar-refractivity contribution is -0.126. The van der Waals surface area contributed by atoms with Crippen molar-refractivity contribution in [3.63, 3.8) is 0 Å². The number of rotatable bonds is 7. The Morgan fingerprint density at radius 1 is 1.10 bits per heavy atom. The molecule has 0 bridgehead atoms. The van der Waals surface area contributed by atoms with Gasteiger partial charge < -0.3 is 0 Å². The van der Waals surface area contributed by atoms with Gasteiger partial charge in [-0.3, -0.25) is 9.69 Å². The monoisotopic (exact) mass is 421 g/mol. The fourth-order valence-corrected chi connectivity index (χ4v) is 5.13. The van der Waals surface area contributed by atoms with Crippen LogP contribution in [0.25, 0.3) is 10.8 Å². The quantitative estimate of drug-likeness (QED) is 0.351. The zero-order valence-electron chi connectivity index (χ0n) is 16.3. The molecular formula is C23H23N3OS2. The Kier molecular flexibility index (Phi) is 6.42. The number of hydrogen-bond donors (Lipinski definition) is 0. The largest absolute Gasteiger partial charge is 0.284 e. The molecule has 29 heavy (non-hydrogen) atoms. The molecular weight excluding hydrogens is 398 g/mol. The summed E-state index contributed by atoms with van der Waals surface area (Å²) < 4.78 is 0. The molecule has 0 radical (unpaired) electrons. The van der Waals surface area contributed by atoms with Crippen LogP contribution >= 0.6 is 23.1 Å². The number of amides is 1. The standard InChI is InChI=1S/C23H23N3OS2/c1-2-3-13-21-22(27)26(23(29-21)25-24-15-19-11-7-14-28-19)16-18-10-6-9-17-8-4-5-12-20(17)18/h4-12,14-15,21H,2-3,13,16H2,1H3. The van der Waals surface area contributed by atoms with Crippen molar-refractivity contribution >= 4 is 51.2 Å². The van der Waals surface area contributed by atoms with E-state index in [9.17, 15) is 4.79 Å². The smallest absolute Gasteiger partial charge is 0.242 e. The van der Waals surface area contributed by atoms with Gasteiger partial charge in [-0.15, -0.1) is 16.4 Å². The lowest BCUT2D eigenvalue weighted by Gasteiger charge is -2.17. The van der Waals surface area contributed by atoms with Crippen molar-refractivity contribution in [2.24, 2.45) is 10.2 Å². The summed E-state index contributed by atoms with van der Waals surface area (Å²) in [6, 6.07) is 18.5. The number of thioether (sulfide) groups is 1. The van der Waals surface area contributed by atoms with Crippen molar-refractivity contribution in [2.75, 3.05) is 0 Å². The van der Waals surface area contributed by atoms with Crippen molar-refractivity contribution in [1.29, 1.82) is 0 Å². The van der Waals surface area contributed by atoms with Crippen LogP contribution in [0.2, 0.25) is 0 Å². The van der Waals surface area contributed by atoms with Gasteiger partial charge in [-0.05, 0) is 34.2 Å². The number of unbranched alkanes of at least 4 members (excludes halogenated alkanes) is 1. The third-order valence-electron chi connectivity index (χ3n) is 4.92. The number of hydrogen-bond acceptors (Lipinski definition) is 5. The summed E-state index contributed by atoms with van der Waals surface area (Å²) >= 11 is 3.16. The van der Waals surface area contributed by atoms with Gasteiger partial charge in [0.2, 0.25) is 5.91 Å². The lowest BCUT2D eigenvalue weighted by Crippen LogP contribution is -2.31. The normalized spacial score (nSPS) is 18.5. The first-order valence-electron chi connectivity index (χ1n) is 9.85. The van der Waals surface area contributed by atoms with Crippen LogP contribution in [0.15, 0.2) is 70.2 Å². The molecule has 0 spiro atoms. The Balaban J connectivity index is 1.62. The predicted octanol–water partition coefficient (Wildman–Crippen LogP) is 5.93. The van der Waals surface area contributed by atoms with Gasteiger partial charge in [-0.1, -0.05) is 80.1 Å². The van der Waals surface area contributed by atoms with Gasteiger partial charge in [-0.25, -0.2) is 0 Å². The second-order valence-corrected chi connectivity index (χ2v) is 9.10. The van der Waals surface area contributed by atoms with Crippen molar-refractivity contribution < 1.29 is 4.79 Å². The van der Waals surface area contributed by atoms with Gasteiger partial charge in [0.25, 0.3) is 0 Å². The highest BCUT2D eigenvalue weighted by molar-refractivity contribution is 8.15. The molecule has 1 saturated heterocycles. The van der Waals surface area contributed by atoms with Gasteiger partial charge >= 0.3 is 0 Å². The SMILES string of the molecule is CCCCC1SC(=NN=Cc2cccs2)N(Cc2cccc3ccccc23)C1=O. The van der Waals surface area contributed by atoms with Crippen LogP contribution < -0.4 is 0 Å². The number of fused-ring (bicyclic) bond motifs is 1. The van der Waals surface area contributed by atoms with E-state index in [1.54, 1.807) is 34.2 Å². The number of amidine groups is 1. The van der Waals surface area contributed by atoms with Gasteiger partial charge in [0.1, 0.15) is 0 Å². The van der Waals surface area contributed by atoms with Crippen LogP contribution in [0, 0.1) is 0 Å². The summed E-state index contributed by atoms with van der Waals surface area (Å²) in [5, 5.41) is 13.7. The van der Waals surface area contributed by atoms with Crippen LogP contribution in [0.3, 0.4) is 0 Å².